The molecule has 4 rings (SSSR count). The molecule has 0 bridgehead atoms. The number of benzene rings is 2. The van der Waals surface area contributed by atoms with Crippen molar-refractivity contribution >= 4 is 33.3 Å². The molecule has 1 amide bonds. The molecule has 0 radical (unpaired) electrons. The lowest BCUT2D eigenvalue weighted by Gasteiger charge is -2.20. The molecule has 0 spiro atoms. The first-order valence-corrected chi connectivity index (χ1v) is 11.2. The number of nitrogens with zero attached hydrogens (tertiary/aromatic N) is 3. The molecule has 1 aliphatic heterocycles. The van der Waals surface area contributed by atoms with E-state index in [2.05, 4.69) is 42.4 Å². The number of rotatable bonds is 5. The Morgan fingerprint density at radius 2 is 1.57 bits per heavy atom. The third kappa shape index (κ3) is 5.45. The van der Waals surface area contributed by atoms with Crippen molar-refractivity contribution in [1.29, 1.82) is 0 Å². The van der Waals surface area contributed by atoms with Crippen LogP contribution < -0.4 is 10.2 Å². The highest BCUT2D eigenvalue weighted by atomic mass is 79.9. The normalized spacial score (nSPS) is 14.2. The molecule has 2 aromatic carbocycles. The van der Waals surface area contributed by atoms with E-state index in [9.17, 15) is 4.79 Å². The van der Waals surface area contributed by atoms with Crippen LogP contribution in [0, 0.1) is 0 Å². The molecule has 154 valence electrons. The van der Waals surface area contributed by atoms with E-state index in [-0.39, 0.29) is 5.91 Å². The minimum atomic E-state index is -0.0355. The average molecular weight is 465 g/mol. The number of hydrogen-bond acceptors (Lipinski definition) is 4. The van der Waals surface area contributed by atoms with Crippen LogP contribution in [0.2, 0.25) is 0 Å². The number of anilines is 2. The van der Waals surface area contributed by atoms with Crippen molar-refractivity contribution in [1.82, 2.24) is 10.2 Å². The van der Waals surface area contributed by atoms with Crippen molar-refractivity contribution in [2.24, 2.45) is 0 Å². The standard InChI is InChI=1S/C24H25BrN4O/c25-20-9-5-18(6-10-20)17-24(30)26-21-11-7-19(8-12-21)22-13-14-23(28-27-22)29-15-3-1-2-4-16-29/h5-14H,1-4,15-17H2,(H,26,30). The number of aromatic nitrogens is 2. The van der Waals surface area contributed by atoms with Crippen molar-refractivity contribution in [3.05, 3.63) is 70.7 Å². The van der Waals surface area contributed by atoms with Gasteiger partial charge in [-0.3, -0.25) is 4.79 Å². The van der Waals surface area contributed by atoms with Crippen LogP contribution in [0.1, 0.15) is 31.2 Å². The molecule has 1 fully saturated rings. The van der Waals surface area contributed by atoms with E-state index in [0.29, 0.717) is 6.42 Å². The highest BCUT2D eigenvalue weighted by Gasteiger charge is 2.12. The number of nitrogens with one attached hydrogen (secondary N) is 1. The summed E-state index contributed by atoms with van der Waals surface area (Å²) >= 11 is 3.41. The zero-order valence-electron chi connectivity index (χ0n) is 16.9. The quantitative estimate of drug-likeness (QED) is 0.543. The molecule has 5 nitrogen and oxygen atoms in total. The first kappa shape index (κ1) is 20.5. The summed E-state index contributed by atoms with van der Waals surface area (Å²) < 4.78 is 1.00. The van der Waals surface area contributed by atoms with Gasteiger partial charge in [0.2, 0.25) is 5.91 Å². The van der Waals surface area contributed by atoms with Gasteiger partial charge in [-0.1, -0.05) is 53.0 Å². The van der Waals surface area contributed by atoms with E-state index in [0.717, 1.165) is 45.9 Å². The van der Waals surface area contributed by atoms with E-state index >= 15 is 0 Å². The van der Waals surface area contributed by atoms with E-state index in [4.69, 9.17) is 0 Å². The second-order valence-corrected chi connectivity index (χ2v) is 8.52. The van der Waals surface area contributed by atoms with Gasteiger partial charge in [0.1, 0.15) is 0 Å². The molecule has 1 N–H and O–H groups in total. The van der Waals surface area contributed by atoms with Crippen LogP contribution in [-0.4, -0.2) is 29.2 Å². The Kier molecular flexibility index (Phi) is 6.74. The van der Waals surface area contributed by atoms with E-state index < -0.39 is 0 Å². The molecule has 0 saturated carbocycles. The third-order valence-electron chi connectivity index (χ3n) is 5.32. The van der Waals surface area contributed by atoms with Crippen molar-refractivity contribution in [2.45, 2.75) is 32.1 Å². The molecular weight excluding hydrogens is 440 g/mol. The Bertz CT molecular complexity index is 964. The molecule has 0 aliphatic carbocycles. The SMILES string of the molecule is O=C(Cc1ccc(Br)cc1)Nc1ccc(-c2ccc(N3CCCCCC3)nn2)cc1. The van der Waals surface area contributed by atoms with E-state index in [1.165, 1.54) is 25.7 Å². The topological polar surface area (TPSA) is 58.1 Å². The van der Waals surface area contributed by atoms with Crippen LogP contribution in [0.25, 0.3) is 11.3 Å². The molecule has 6 heteroatoms. The fourth-order valence-electron chi connectivity index (χ4n) is 3.66. The first-order chi connectivity index (χ1) is 14.7. The number of amides is 1. The van der Waals surface area contributed by atoms with Gasteiger partial charge in [0, 0.05) is 28.8 Å². The molecule has 2 heterocycles. The largest absolute Gasteiger partial charge is 0.355 e. The Balaban J connectivity index is 1.36. The van der Waals surface area contributed by atoms with Crippen molar-refractivity contribution < 1.29 is 4.79 Å². The van der Waals surface area contributed by atoms with Crippen LogP contribution in [0.15, 0.2) is 65.1 Å². The number of halogens is 1. The van der Waals surface area contributed by atoms with Crippen LogP contribution in [0.5, 0.6) is 0 Å². The maximum Gasteiger partial charge on any atom is 0.228 e. The number of carbonyl (C=O) groups excluding carboxylic acids is 1. The van der Waals surface area contributed by atoms with Gasteiger partial charge in [0.05, 0.1) is 12.1 Å². The third-order valence-corrected chi connectivity index (χ3v) is 5.85. The predicted molar refractivity (Wildman–Crippen MR) is 125 cm³/mol. The Labute approximate surface area is 185 Å². The summed E-state index contributed by atoms with van der Waals surface area (Å²) in [4.78, 5) is 14.6. The fourth-order valence-corrected chi connectivity index (χ4v) is 3.93. The summed E-state index contributed by atoms with van der Waals surface area (Å²) in [6, 6.07) is 19.6. The average Bonchev–Trinajstić information content (AvgIpc) is 3.06. The lowest BCUT2D eigenvalue weighted by molar-refractivity contribution is -0.115. The van der Waals surface area contributed by atoms with Crippen molar-refractivity contribution in [3.8, 4) is 11.3 Å². The van der Waals surface area contributed by atoms with E-state index in [1.54, 1.807) is 0 Å². The summed E-state index contributed by atoms with van der Waals surface area (Å²) in [5.74, 6) is 0.921. The zero-order valence-corrected chi connectivity index (χ0v) is 18.4. The minimum absolute atomic E-state index is 0.0355. The second kappa shape index (κ2) is 9.85. The van der Waals surface area contributed by atoms with Crippen LogP contribution >= 0.6 is 15.9 Å². The van der Waals surface area contributed by atoms with Crippen molar-refractivity contribution in [3.63, 3.8) is 0 Å². The Morgan fingerprint density at radius 3 is 2.20 bits per heavy atom. The Hall–Kier alpha value is -2.73. The molecule has 0 unspecified atom stereocenters. The van der Waals surface area contributed by atoms with Gasteiger partial charge in [0.25, 0.3) is 0 Å². The summed E-state index contributed by atoms with van der Waals surface area (Å²) in [6.45, 7) is 2.12. The number of carbonyl (C=O) groups is 1. The van der Waals surface area contributed by atoms with Crippen LogP contribution in [-0.2, 0) is 11.2 Å². The number of hydrogen-bond donors (Lipinski definition) is 1. The first-order valence-electron chi connectivity index (χ1n) is 10.4. The highest BCUT2D eigenvalue weighted by Crippen LogP contribution is 2.22. The second-order valence-electron chi connectivity index (χ2n) is 7.61. The van der Waals surface area contributed by atoms with Crippen LogP contribution in [0.3, 0.4) is 0 Å². The van der Waals surface area contributed by atoms with Crippen LogP contribution in [0.4, 0.5) is 11.5 Å². The minimum Gasteiger partial charge on any atom is -0.355 e. The molecule has 3 aromatic rings. The fraction of sp³-hybridized carbons (Fsp3) is 0.292. The highest BCUT2D eigenvalue weighted by molar-refractivity contribution is 9.10. The summed E-state index contributed by atoms with van der Waals surface area (Å²) in [5, 5.41) is 11.8. The smallest absolute Gasteiger partial charge is 0.228 e. The van der Waals surface area contributed by atoms with E-state index in [1.807, 2.05) is 54.6 Å². The molecule has 1 saturated heterocycles. The lowest BCUT2D eigenvalue weighted by Crippen LogP contribution is -2.25. The van der Waals surface area contributed by atoms with Gasteiger partial charge in [0.15, 0.2) is 5.82 Å². The van der Waals surface area contributed by atoms with Gasteiger partial charge in [-0.15, -0.1) is 10.2 Å². The molecular formula is C24H25BrN4O. The molecule has 1 aromatic heterocycles. The Morgan fingerprint density at radius 1 is 0.867 bits per heavy atom. The van der Waals surface area contributed by atoms with Gasteiger partial charge in [-0.25, -0.2) is 0 Å². The van der Waals surface area contributed by atoms with Gasteiger partial charge in [-0.2, -0.15) is 0 Å². The lowest BCUT2D eigenvalue weighted by atomic mass is 10.1. The predicted octanol–water partition coefficient (Wildman–Crippen LogP) is 5.47. The monoisotopic (exact) mass is 464 g/mol. The van der Waals surface area contributed by atoms with Gasteiger partial charge >= 0.3 is 0 Å². The molecule has 30 heavy (non-hydrogen) atoms. The summed E-state index contributed by atoms with van der Waals surface area (Å²) in [5.41, 5.74) is 3.57. The summed E-state index contributed by atoms with van der Waals surface area (Å²) in [6.07, 6.45) is 5.39. The zero-order chi connectivity index (χ0) is 20.8. The van der Waals surface area contributed by atoms with Gasteiger partial charge < -0.3 is 10.2 Å². The maximum absolute atomic E-state index is 12.3. The summed E-state index contributed by atoms with van der Waals surface area (Å²) in [7, 11) is 0. The van der Waals surface area contributed by atoms with Crippen molar-refractivity contribution in [2.75, 3.05) is 23.3 Å². The molecule has 1 aliphatic rings. The van der Waals surface area contributed by atoms with Gasteiger partial charge in [-0.05, 0) is 54.8 Å². The molecule has 0 atom stereocenters. The maximum atomic E-state index is 12.3.